The molecule has 0 fully saturated rings. The molecule has 0 bridgehead atoms. The van der Waals surface area contributed by atoms with Crippen LogP contribution in [-0.4, -0.2) is 21.3 Å². The van der Waals surface area contributed by atoms with E-state index < -0.39 is 15.8 Å². The summed E-state index contributed by atoms with van der Waals surface area (Å²) in [6.07, 6.45) is 1.23. The number of ether oxygens (including phenoxy) is 1. The van der Waals surface area contributed by atoms with Gasteiger partial charge in [0.2, 0.25) is 10.0 Å². The Morgan fingerprint density at radius 3 is 2.57 bits per heavy atom. The van der Waals surface area contributed by atoms with E-state index in [9.17, 15) is 12.8 Å². The number of halogens is 1. The van der Waals surface area contributed by atoms with Crippen LogP contribution in [0, 0.1) is 5.82 Å². The van der Waals surface area contributed by atoms with Gasteiger partial charge in [0.25, 0.3) is 0 Å². The van der Waals surface area contributed by atoms with Crippen molar-refractivity contribution in [2.75, 3.05) is 12.9 Å². The van der Waals surface area contributed by atoms with Gasteiger partial charge in [-0.05, 0) is 36.6 Å². The van der Waals surface area contributed by atoms with E-state index in [2.05, 4.69) is 4.72 Å². The summed E-state index contributed by atoms with van der Waals surface area (Å²) in [5, 5.41) is 0. The minimum atomic E-state index is -3.42. The molecule has 1 N–H and O–H groups in total. The molecule has 4 nitrogen and oxygen atoms in total. The number of sulfonamides is 1. The van der Waals surface area contributed by atoms with Gasteiger partial charge in [0.05, 0.1) is 12.9 Å². The van der Waals surface area contributed by atoms with Crippen molar-refractivity contribution in [3.63, 3.8) is 0 Å². The van der Waals surface area contributed by atoms with Gasteiger partial charge in [0, 0.05) is 12.1 Å². The van der Waals surface area contributed by atoms with Gasteiger partial charge >= 0.3 is 0 Å². The molecule has 0 atom stereocenters. The highest BCUT2D eigenvalue weighted by Crippen LogP contribution is 2.19. The first-order valence-corrected chi connectivity index (χ1v) is 8.99. The Kier molecular flexibility index (Phi) is 6.12. The first-order valence-electron chi connectivity index (χ1n) is 7.34. The van der Waals surface area contributed by atoms with Crippen LogP contribution in [0.5, 0.6) is 5.75 Å². The highest BCUT2D eigenvalue weighted by Gasteiger charge is 2.12. The largest absolute Gasteiger partial charge is 0.496 e. The summed E-state index contributed by atoms with van der Waals surface area (Å²) >= 11 is 0. The Bertz CT molecular complexity index is 733. The molecule has 23 heavy (non-hydrogen) atoms. The maximum atomic E-state index is 13.3. The van der Waals surface area contributed by atoms with Crippen molar-refractivity contribution in [3.8, 4) is 5.75 Å². The Hall–Kier alpha value is -1.92. The van der Waals surface area contributed by atoms with Gasteiger partial charge in [0.1, 0.15) is 11.6 Å². The van der Waals surface area contributed by atoms with Gasteiger partial charge < -0.3 is 4.74 Å². The van der Waals surface area contributed by atoms with E-state index in [1.165, 1.54) is 25.3 Å². The molecular formula is C17H20FNO3S. The molecular weight excluding hydrogens is 317 g/mol. The monoisotopic (exact) mass is 337 g/mol. The lowest BCUT2D eigenvalue weighted by Gasteiger charge is -2.10. The molecule has 2 rings (SSSR count). The van der Waals surface area contributed by atoms with Crippen molar-refractivity contribution in [1.82, 2.24) is 4.72 Å². The van der Waals surface area contributed by atoms with Crippen molar-refractivity contribution < 1.29 is 17.5 Å². The van der Waals surface area contributed by atoms with Crippen LogP contribution in [0.25, 0.3) is 0 Å². The van der Waals surface area contributed by atoms with E-state index in [-0.39, 0.29) is 12.3 Å². The van der Waals surface area contributed by atoms with Gasteiger partial charge in [-0.2, -0.15) is 0 Å². The molecule has 0 aliphatic carbocycles. The maximum Gasteiger partial charge on any atom is 0.211 e. The molecule has 0 unspecified atom stereocenters. The third-order valence-corrected chi connectivity index (χ3v) is 4.86. The normalized spacial score (nSPS) is 11.4. The minimum Gasteiger partial charge on any atom is -0.496 e. The van der Waals surface area contributed by atoms with Crippen LogP contribution in [0.1, 0.15) is 17.5 Å². The number of benzene rings is 2. The van der Waals surface area contributed by atoms with Crippen molar-refractivity contribution in [1.29, 1.82) is 0 Å². The molecule has 0 radical (unpaired) electrons. The Morgan fingerprint density at radius 2 is 1.87 bits per heavy atom. The quantitative estimate of drug-likeness (QED) is 0.806. The van der Waals surface area contributed by atoms with Crippen molar-refractivity contribution >= 4 is 10.0 Å². The van der Waals surface area contributed by atoms with Crippen LogP contribution in [0.4, 0.5) is 4.39 Å². The van der Waals surface area contributed by atoms with E-state index in [1.807, 2.05) is 30.3 Å². The molecule has 124 valence electrons. The number of nitrogens with one attached hydrogen (secondary N) is 1. The lowest BCUT2D eigenvalue weighted by atomic mass is 10.1. The number of aryl methyl sites for hydroxylation is 1. The summed E-state index contributed by atoms with van der Waals surface area (Å²) in [5.74, 6) is 0.0574. The topological polar surface area (TPSA) is 55.4 Å². The fourth-order valence-corrected chi connectivity index (χ4v) is 3.30. The van der Waals surface area contributed by atoms with E-state index >= 15 is 0 Å². The average molecular weight is 337 g/mol. The highest BCUT2D eigenvalue weighted by molar-refractivity contribution is 7.89. The van der Waals surface area contributed by atoms with Gasteiger partial charge in [-0.1, -0.05) is 30.3 Å². The lowest BCUT2D eigenvalue weighted by molar-refractivity contribution is 0.407. The number of hydrogen-bond donors (Lipinski definition) is 1. The van der Waals surface area contributed by atoms with E-state index in [0.717, 1.165) is 5.56 Å². The molecule has 0 spiro atoms. The summed E-state index contributed by atoms with van der Waals surface area (Å²) in [5.41, 5.74) is 1.58. The molecule has 0 aliphatic heterocycles. The molecule has 0 amide bonds. The molecule has 2 aromatic rings. The number of hydrogen-bond acceptors (Lipinski definition) is 3. The van der Waals surface area contributed by atoms with Crippen LogP contribution in [0.3, 0.4) is 0 Å². The minimum absolute atomic E-state index is 0.00854. The Morgan fingerprint density at radius 1 is 1.13 bits per heavy atom. The summed E-state index contributed by atoms with van der Waals surface area (Å²) in [4.78, 5) is 0. The van der Waals surface area contributed by atoms with Gasteiger partial charge in [-0.3, -0.25) is 0 Å². The van der Waals surface area contributed by atoms with Crippen LogP contribution in [0.15, 0.2) is 48.5 Å². The highest BCUT2D eigenvalue weighted by atomic mass is 32.2. The summed E-state index contributed by atoms with van der Waals surface area (Å²) in [6, 6.07) is 13.7. The van der Waals surface area contributed by atoms with Crippen LogP contribution in [0.2, 0.25) is 0 Å². The van der Waals surface area contributed by atoms with Gasteiger partial charge in [-0.25, -0.2) is 17.5 Å². The zero-order valence-electron chi connectivity index (χ0n) is 13.0. The van der Waals surface area contributed by atoms with E-state index in [0.29, 0.717) is 24.2 Å². The first-order chi connectivity index (χ1) is 11.0. The second kappa shape index (κ2) is 8.08. The SMILES string of the molecule is COc1ccc(F)cc1CNS(=O)(=O)CCCc1ccccc1. The fraction of sp³-hybridized carbons (Fsp3) is 0.294. The zero-order chi connectivity index (χ0) is 16.7. The predicted molar refractivity (Wildman–Crippen MR) is 88.3 cm³/mol. The Labute approximate surface area is 136 Å². The van der Waals surface area contributed by atoms with Crippen molar-refractivity contribution in [3.05, 3.63) is 65.5 Å². The summed E-state index contributed by atoms with van der Waals surface area (Å²) in [7, 11) is -1.95. The standard InChI is InChI=1S/C17H20FNO3S/c1-22-17-10-9-16(18)12-15(17)13-19-23(20,21)11-5-8-14-6-3-2-4-7-14/h2-4,6-7,9-10,12,19H,5,8,11,13H2,1H3. The molecule has 0 aliphatic rings. The van der Waals surface area contributed by atoms with Crippen LogP contribution < -0.4 is 9.46 Å². The van der Waals surface area contributed by atoms with E-state index in [4.69, 9.17) is 4.74 Å². The summed E-state index contributed by atoms with van der Waals surface area (Å²) in [6.45, 7) is 0.00854. The number of methoxy groups -OCH3 is 1. The molecule has 0 heterocycles. The van der Waals surface area contributed by atoms with Crippen LogP contribution >= 0.6 is 0 Å². The second-order valence-corrected chi connectivity index (χ2v) is 7.11. The average Bonchev–Trinajstić information content (AvgIpc) is 2.54. The van der Waals surface area contributed by atoms with E-state index in [1.54, 1.807) is 0 Å². The molecule has 0 saturated carbocycles. The molecule has 6 heteroatoms. The number of rotatable bonds is 8. The third kappa shape index (κ3) is 5.65. The molecule has 2 aromatic carbocycles. The van der Waals surface area contributed by atoms with Crippen LogP contribution in [-0.2, 0) is 23.0 Å². The fourth-order valence-electron chi connectivity index (χ4n) is 2.26. The van der Waals surface area contributed by atoms with Gasteiger partial charge in [0.15, 0.2) is 0 Å². The molecule has 0 aromatic heterocycles. The summed E-state index contributed by atoms with van der Waals surface area (Å²) < 4.78 is 44.9. The Balaban J connectivity index is 1.88. The first kappa shape index (κ1) is 17.4. The predicted octanol–water partition coefficient (Wildman–Crippen LogP) is 2.89. The molecule has 0 saturated heterocycles. The smallest absolute Gasteiger partial charge is 0.211 e. The van der Waals surface area contributed by atoms with Gasteiger partial charge in [-0.15, -0.1) is 0 Å². The zero-order valence-corrected chi connectivity index (χ0v) is 13.8. The third-order valence-electron chi connectivity index (χ3n) is 3.45. The van der Waals surface area contributed by atoms with Crippen molar-refractivity contribution in [2.24, 2.45) is 0 Å². The lowest BCUT2D eigenvalue weighted by Crippen LogP contribution is -2.26. The van der Waals surface area contributed by atoms with Crippen molar-refractivity contribution in [2.45, 2.75) is 19.4 Å². The second-order valence-electron chi connectivity index (χ2n) is 5.19. The maximum absolute atomic E-state index is 13.3.